The molecule has 9 heavy (non-hydrogen) atoms. The van der Waals surface area contributed by atoms with Crippen LogP contribution in [0.1, 0.15) is 12.8 Å². The van der Waals surface area contributed by atoms with Crippen LogP contribution in [-0.2, 0) is 9.53 Å². The van der Waals surface area contributed by atoms with E-state index in [0.717, 1.165) is 0 Å². The maximum atomic E-state index is 10.3. The standard InChI is InChI=1S/C5H9ClO3/c1-9-5(8)3-2-4(6)7/h4,7H,2-3H2,1H3. The number of hydrogen-bond acceptors (Lipinski definition) is 3. The Morgan fingerprint density at radius 3 is 2.78 bits per heavy atom. The first-order valence-corrected chi connectivity index (χ1v) is 2.99. The number of esters is 1. The molecule has 0 bridgehead atoms. The Balaban J connectivity index is 3.17. The van der Waals surface area contributed by atoms with Gasteiger partial charge < -0.3 is 9.84 Å². The first-order chi connectivity index (χ1) is 4.16. The molecular formula is C5H9ClO3. The molecule has 0 amide bonds. The van der Waals surface area contributed by atoms with Gasteiger partial charge in [-0.05, 0) is 6.42 Å². The van der Waals surface area contributed by atoms with Crippen LogP contribution >= 0.6 is 11.6 Å². The van der Waals surface area contributed by atoms with Gasteiger partial charge in [0.15, 0.2) is 0 Å². The second-order valence-electron chi connectivity index (χ2n) is 1.55. The molecule has 0 aromatic carbocycles. The van der Waals surface area contributed by atoms with E-state index in [9.17, 15) is 4.79 Å². The van der Waals surface area contributed by atoms with Crippen molar-refractivity contribution in [2.24, 2.45) is 0 Å². The summed E-state index contributed by atoms with van der Waals surface area (Å²) in [6, 6.07) is 0. The third kappa shape index (κ3) is 5.59. The summed E-state index contributed by atoms with van der Waals surface area (Å²) in [5.74, 6) is -0.352. The number of carbonyl (C=O) groups excluding carboxylic acids is 1. The highest BCUT2D eigenvalue weighted by atomic mass is 35.5. The van der Waals surface area contributed by atoms with Gasteiger partial charge in [-0.1, -0.05) is 11.6 Å². The van der Waals surface area contributed by atoms with Gasteiger partial charge in [-0.15, -0.1) is 0 Å². The third-order valence-electron chi connectivity index (χ3n) is 0.814. The summed E-state index contributed by atoms with van der Waals surface area (Å²) in [4.78, 5) is 10.3. The van der Waals surface area contributed by atoms with Crippen molar-refractivity contribution in [2.75, 3.05) is 7.11 Å². The molecule has 0 aliphatic rings. The number of ether oxygens (including phenoxy) is 1. The first kappa shape index (κ1) is 8.72. The molecule has 1 N–H and O–H groups in total. The van der Waals surface area contributed by atoms with E-state index in [4.69, 9.17) is 16.7 Å². The van der Waals surface area contributed by atoms with Gasteiger partial charge in [0.05, 0.1) is 7.11 Å². The first-order valence-electron chi connectivity index (χ1n) is 2.55. The Morgan fingerprint density at radius 2 is 2.44 bits per heavy atom. The summed E-state index contributed by atoms with van der Waals surface area (Å²) in [5.41, 5.74) is -0.941. The van der Waals surface area contributed by atoms with E-state index in [2.05, 4.69) is 4.74 Å². The predicted octanol–water partition coefficient (Wildman–Crippen LogP) is 0.497. The lowest BCUT2D eigenvalue weighted by Gasteiger charge is -1.98. The van der Waals surface area contributed by atoms with Crippen molar-refractivity contribution in [1.29, 1.82) is 0 Å². The number of rotatable bonds is 3. The summed E-state index contributed by atoms with van der Waals surface area (Å²) < 4.78 is 4.29. The molecule has 0 aliphatic carbocycles. The van der Waals surface area contributed by atoms with Gasteiger partial charge in [-0.2, -0.15) is 0 Å². The van der Waals surface area contributed by atoms with Crippen LogP contribution in [0, 0.1) is 0 Å². The number of methoxy groups -OCH3 is 1. The lowest BCUT2D eigenvalue weighted by molar-refractivity contribution is -0.141. The Hall–Kier alpha value is -0.280. The maximum absolute atomic E-state index is 10.3. The third-order valence-corrected chi connectivity index (χ3v) is 1.03. The van der Waals surface area contributed by atoms with Gasteiger partial charge in [0.25, 0.3) is 0 Å². The second-order valence-corrected chi connectivity index (χ2v) is 2.05. The molecule has 1 unspecified atom stereocenters. The Kier molecular flexibility index (Phi) is 4.44. The molecule has 0 rings (SSSR count). The number of halogens is 1. The Bertz CT molecular complexity index is 92.2. The van der Waals surface area contributed by atoms with Crippen molar-refractivity contribution in [2.45, 2.75) is 18.4 Å². The van der Waals surface area contributed by atoms with Crippen molar-refractivity contribution in [3.8, 4) is 0 Å². The topological polar surface area (TPSA) is 46.5 Å². The molecule has 0 radical (unpaired) electrons. The molecule has 0 heterocycles. The van der Waals surface area contributed by atoms with E-state index >= 15 is 0 Å². The highest BCUT2D eigenvalue weighted by Gasteiger charge is 2.03. The minimum atomic E-state index is -0.941. The fourth-order valence-corrected chi connectivity index (χ4v) is 0.448. The Labute approximate surface area is 58.6 Å². The SMILES string of the molecule is COC(=O)CCC(O)Cl. The normalized spacial score (nSPS) is 12.8. The Morgan fingerprint density at radius 1 is 1.89 bits per heavy atom. The van der Waals surface area contributed by atoms with Gasteiger partial charge in [0.2, 0.25) is 0 Å². The highest BCUT2D eigenvalue weighted by molar-refractivity contribution is 6.19. The van der Waals surface area contributed by atoms with Gasteiger partial charge in [0, 0.05) is 6.42 Å². The largest absolute Gasteiger partial charge is 0.469 e. The van der Waals surface area contributed by atoms with E-state index in [1.54, 1.807) is 0 Å². The number of aliphatic hydroxyl groups is 1. The molecule has 0 aliphatic heterocycles. The minimum Gasteiger partial charge on any atom is -0.469 e. The lowest BCUT2D eigenvalue weighted by Crippen LogP contribution is -2.04. The van der Waals surface area contributed by atoms with Crippen LogP contribution in [0.25, 0.3) is 0 Å². The summed E-state index contributed by atoms with van der Waals surface area (Å²) in [6.07, 6.45) is 0.412. The monoisotopic (exact) mass is 152 g/mol. The van der Waals surface area contributed by atoms with Gasteiger partial charge in [-0.25, -0.2) is 0 Å². The van der Waals surface area contributed by atoms with Gasteiger partial charge in [-0.3, -0.25) is 4.79 Å². The summed E-state index contributed by atoms with van der Waals surface area (Å²) >= 11 is 5.13. The van der Waals surface area contributed by atoms with Crippen LogP contribution in [0.3, 0.4) is 0 Å². The van der Waals surface area contributed by atoms with Crippen LogP contribution in [0.15, 0.2) is 0 Å². The molecule has 0 saturated carbocycles. The lowest BCUT2D eigenvalue weighted by atomic mass is 10.3. The summed E-state index contributed by atoms with van der Waals surface area (Å²) in [5, 5.41) is 8.45. The average Bonchev–Trinajstić information content (AvgIpc) is 1.83. The van der Waals surface area contributed by atoms with E-state index in [0.29, 0.717) is 0 Å². The van der Waals surface area contributed by atoms with E-state index < -0.39 is 5.56 Å². The van der Waals surface area contributed by atoms with Crippen LogP contribution in [0.5, 0.6) is 0 Å². The van der Waals surface area contributed by atoms with E-state index in [1.807, 2.05) is 0 Å². The molecule has 4 heteroatoms. The second kappa shape index (κ2) is 4.58. The van der Waals surface area contributed by atoms with Crippen molar-refractivity contribution in [3.05, 3.63) is 0 Å². The summed E-state index contributed by atoms with van der Waals surface area (Å²) in [6.45, 7) is 0. The zero-order chi connectivity index (χ0) is 7.28. The van der Waals surface area contributed by atoms with Gasteiger partial charge >= 0.3 is 5.97 Å². The zero-order valence-electron chi connectivity index (χ0n) is 5.13. The smallest absolute Gasteiger partial charge is 0.305 e. The fraction of sp³-hybridized carbons (Fsp3) is 0.800. The molecule has 0 saturated heterocycles. The molecule has 0 spiro atoms. The number of carbonyl (C=O) groups is 1. The van der Waals surface area contributed by atoms with Crippen molar-refractivity contribution in [3.63, 3.8) is 0 Å². The molecule has 1 atom stereocenters. The average molecular weight is 153 g/mol. The molecule has 54 valence electrons. The zero-order valence-corrected chi connectivity index (χ0v) is 5.89. The van der Waals surface area contributed by atoms with E-state index in [1.165, 1.54) is 7.11 Å². The molecule has 0 aromatic rings. The molecule has 3 nitrogen and oxygen atoms in total. The number of alkyl halides is 1. The number of aliphatic hydroxyl groups excluding tert-OH is 1. The highest BCUT2D eigenvalue weighted by Crippen LogP contribution is 2.01. The minimum absolute atomic E-state index is 0.168. The molecule has 0 aromatic heterocycles. The summed E-state index contributed by atoms with van der Waals surface area (Å²) in [7, 11) is 1.29. The quantitative estimate of drug-likeness (QED) is 0.473. The van der Waals surface area contributed by atoms with Crippen LogP contribution in [0.4, 0.5) is 0 Å². The van der Waals surface area contributed by atoms with Crippen LogP contribution in [-0.4, -0.2) is 23.7 Å². The van der Waals surface area contributed by atoms with Gasteiger partial charge in [0.1, 0.15) is 5.56 Å². The number of hydrogen-bond donors (Lipinski definition) is 1. The molecule has 0 fully saturated rings. The van der Waals surface area contributed by atoms with Crippen LogP contribution < -0.4 is 0 Å². The van der Waals surface area contributed by atoms with Crippen LogP contribution in [0.2, 0.25) is 0 Å². The fourth-order valence-electron chi connectivity index (χ4n) is 0.339. The van der Waals surface area contributed by atoms with E-state index in [-0.39, 0.29) is 18.8 Å². The maximum Gasteiger partial charge on any atom is 0.305 e. The van der Waals surface area contributed by atoms with Crippen molar-refractivity contribution in [1.82, 2.24) is 0 Å². The van der Waals surface area contributed by atoms with Crippen molar-refractivity contribution < 1.29 is 14.6 Å². The molecular weight excluding hydrogens is 144 g/mol. The predicted molar refractivity (Wildman–Crippen MR) is 33.1 cm³/mol. The van der Waals surface area contributed by atoms with Crippen molar-refractivity contribution >= 4 is 17.6 Å².